The van der Waals surface area contributed by atoms with Crippen molar-refractivity contribution >= 4 is 5.91 Å². The second-order valence-electron chi connectivity index (χ2n) is 25.1. The third-order valence-corrected chi connectivity index (χ3v) is 21.4. The van der Waals surface area contributed by atoms with Crippen molar-refractivity contribution in [1.29, 1.82) is 0 Å². The zero-order valence-electron chi connectivity index (χ0n) is 44.5. The maximum atomic E-state index is 14.8. The van der Waals surface area contributed by atoms with Crippen LogP contribution in [-0.4, -0.2) is 159 Å². The van der Waals surface area contributed by atoms with Gasteiger partial charge in [0.2, 0.25) is 5.91 Å². The Hall–Kier alpha value is -2.33. The van der Waals surface area contributed by atoms with Gasteiger partial charge >= 0.3 is 0 Å². The lowest BCUT2D eigenvalue weighted by Gasteiger charge is -2.73. The maximum absolute atomic E-state index is 14.8. The quantitative estimate of drug-likeness (QED) is 0.106. The molecule has 3 saturated heterocycles. The first-order valence-electron chi connectivity index (χ1n) is 27.2. The van der Waals surface area contributed by atoms with Crippen molar-refractivity contribution in [1.82, 2.24) is 5.32 Å². The molecule has 1 aromatic rings. The summed E-state index contributed by atoms with van der Waals surface area (Å²) in [5, 5.41) is 90.6. The zero-order valence-corrected chi connectivity index (χ0v) is 44.5. The van der Waals surface area contributed by atoms with E-state index in [0.717, 1.165) is 69.1 Å². The highest BCUT2D eigenvalue weighted by atomic mass is 16.8. The second kappa shape index (κ2) is 20.5. The van der Waals surface area contributed by atoms with Crippen molar-refractivity contribution < 1.29 is 78.8 Å². The van der Waals surface area contributed by atoms with E-state index < -0.39 is 116 Å². The van der Waals surface area contributed by atoms with Crippen molar-refractivity contribution in [2.24, 2.45) is 56.7 Å². The van der Waals surface area contributed by atoms with E-state index in [1.165, 1.54) is 19.4 Å². The molecule has 25 atom stereocenters. The molecule has 3 aliphatic heterocycles. The van der Waals surface area contributed by atoms with E-state index in [1.54, 1.807) is 7.11 Å². The van der Waals surface area contributed by atoms with E-state index in [2.05, 4.69) is 53.4 Å². The number of rotatable bonds is 12. The van der Waals surface area contributed by atoms with Crippen LogP contribution in [0.5, 0.6) is 5.75 Å². The molecule has 1 amide bonds. The highest BCUT2D eigenvalue weighted by Gasteiger charge is 2.72. The van der Waals surface area contributed by atoms with Gasteiger partial charge in [0.05, 0.1) is 37.4 Å². The molecule has 5 aliphatic carbocycles. The SMILES string of the molecule is C=C(C)[C@@H]1CC[C@]2(C(=O)NCc3ccc(OC)cc3)CC[C@]3(C)[C@H](CC[C@@H]4[C@@]5(C)CC[C@H](O[C@@H]6O[C@H](CO)[C@@H](O[C@@H]7O[C@@H](C)[C@H](O)[C@@H](O)[C@H]7O)[C@H](O)[C@H]6O[C@@H]6O[C@@H](C)[C@H](O)[C@@H](O)[C@H]6O)C(C)(C)[C@@H]5CC[C@]43C)[C@@H]12. The van der Waals surface area contributed by atoms with Gasteiger partial charge in [-0.1, -0.05) is 58.9 Å². The summed E-state index contributed by atoms with van der Waals surface area (Å²) in [7, 11) is 1.65. The molecule has 8 aliphatic rings. The summed E-state index contributed by atoms with van der Waals surface area (Å²) in [6, 6.07) is 7.89. The smallest absolute Gasteiger partial charge is 0.226 e. The second-order valence-corrected chi connectivity index (χ2v) is 25.1. The minimum absolute atomic E-state index is 0.00453. The van der Waals surface area contributed by atoms with Crippen LogP contribution < -0.4 is 10.1 Å². The Bertz CT molecular complexity index is 2130. The van der Waals surface area contributed by atoms with E-state index in [4.69, 9.17) is 33.2 Å². The summed E-state index contributed by atoms with van der Waals surface area (Å²) < 4.78 is 42.8. The Kier molecular flexibility index (Phi) is 15.5. The summed E-state index contributed by atoms with van der Waals surface area (Å²) in [6.07, 6.45) is -13.1. The lowest BCUT2D eigenvalue weighted by Crippen LogP contribution is -2.68. The lowest BCUT2D eigenvalue weighted by atomic mass is 9.32. The Morgan fingerprint density at radius 3 is 1.88 bits per heavy atom. The van der Waals surface area contributed by atoms with E-state index in [0.29, 0.717) is 24.8 Å². The average Bonchev–Trinajstić information content (AvgIpc) is 3.77. The molecule has 0 radical (unpaired) electrons. The zero-order chi connectivity index (χ0) is 52.9. The molecule has 9 N–H and O–H groups in total. The molecule has 17 heteroatoms. The van der Waals surface area contributed by atoms with Crippen LogP contribution in [0.4, 0.5) is 0 Å². The molecular formula is C56H87NO16. The van der Waals surface area contributed by atoms with Gasteiger partial charge in [0.15, 0.2) is 18.9 Å². The van der Waals surface area contributed by atoms with Gasteiger partial charge in [-0.3, -0.25) is 4.79 Å². The number of ether oxygens (including phenoxy) is 7. The number of hydrogen-bond donors (Lipinski definition) is 9. The Morgan fingerprint density at radius 2 is 1.29 bits per heavy atom. The van der Waals surface area contributed by atoms with Crippen LogP contribution in [0.15, 0.2) is 36.4 Å². The topological polar surface area (TPSA) is 256 Å². The van der Waals surface area contributed by atoms with Gasteiger partial charge in [-0.2, -0.15) is 0 Å². The van der Waals surface area contributed by atoms with Crippen LogP contribution in [-0.2, 0) is 39.8 Å². The van der Waals surface area contributed by atoms with Gasteiger partial charge in [-0.05, 0) is 154 Å². The number of amides is 1. The van der Waals surface area contributed by atoms with Crippen molar-refractivity contribution in [2.45, 2.75) is 224 Å². The predicted octanol–water partition coefficient (Wildman–Crippen LogP) is 3.86. The summed E-state index contributed by atoms with van der Waals surface area (Å²) in [5.41, 5.74) is 1.23. The first-order chi connectivity index (χ1) is 34.4. The van der Waals surface area contributed by atoms with E-state index in [-0.39, 0.29) is 39.9 Å². The van der Waals surface area contributed by atoms with E-state index in [9.17, 15) is 45.6 Å². The van der Waals surface area contributed by atoms with Crippen molar-refractivity contribution in [3.8, 4) is 5.75 Å². The number of fused-ring (bicyclic) bond motifs is 7. The largest absolute Gasteiger partial charge is 0.497 e. The Labute approximate surface area is 431 Å². The summed E-state index contributed by atoms with van der Waals surface area (Å²) >= 11 is 0. The molecule has 17 nitrogen and oxygen atoms in total. The van der Waals surface area contributed by atoms with Crippen LogP contribution in [0.3, 0.4) is 0 Å². The highest BCUT2D eigenvalue weighted by molar-refractivity contribution is 5.84. The first kappa shape index (κ1) is 55.4. The number of aliphatic hydroxyl groups excluding tert-OH is 8. The highest BCUT2D eigenvalue weighted by Crippen LogP contribution is 2.77. The number of allylic oxidation sites excluding steroid dienone is 1. The van der Waals surface area contributed by atoms with Crippen molar-refractivity contribution in [3.05, 3.63) is 42.0 Å². The molecule has 412 valence electrons. The molecular weight excluding hydrogens is 943 g/mol. The predicted molar refractivity (Wildman–Crippen MR) is 265 cm³/mol. The molecule has 0 spiro atoms. The summed E-state index contributed by atoms with van der Waals surface area (Å²) in [6.45, 7) is 21.6. The Balaban J connectivity index is 0.952. The molecule has 0 bridgehead atoms. The van der Waals surface area contributed by atoms with Gasteiger partial charge in [0, 0.05) is 6.54 Å². The first-order valence-corrected chi connectivity index (χ1v) is 27.2. The number of aliphatic hydroxyl groups is 8. The molecule has 3 heterocycles. The summed E-state index contributed by atoms with van der Waals surface area (Å²) in [4.78, 5) is 14.8. The number of hydrogen-bond acceptors (Lipinski definition) is 16. The lowest BCUT2D eigenvalue weighted by molar-refractivity contribution is -0.393. The molecule has 0 aromatic heterocycles. The number of nitrogens with one attached hydrogen (secondary N) is 1. The third kappa shape index (κ3) is 9.06. The Morgan fingerprint density at radius 1 is 0.671 bits per heavy atom. The molecule has 73 heavy (non-hydrogen) atoms. The molecule has 1 aromatic carbocycles. The van der Waals surface area contributed by atoms with Gasteiger partial charge in [0.1, 0.15) is 66.8 Å². The molecule has 8 fully saturated rings. The van der Waals surface area contributed by atoms with E-state index >= 15 is 0 Å². The van der Waals surface area contributed by atoms with E-state index in [1.807, 2.05) is 24.3 Å². The van der Waals surface area contributed by atoms with Gasteiger partial charge in [-0.25, -0.2) is 0 Å². The molecule has 5 saturated carbocycles. The molecule has 9 rings (SSSR count). The van der Waals surface area contributed by atoms with Crippen LogP contribution in [0.1, 0.15) is 125 Å². The van der Waals surface area contributed by atoms with Crippen LogP contribution in [0, 0.1) is 56.7 Å². The minimum atomic E-state index is -1.74. The fourth-order valence-electron chi connectivity index (χ4n) is 17.0. The number of carbonyl (C=O) groups excluding carboxylic acids is 1. The van der Waals surface area contributed by atoms with Crippen LogP contribution >= 0.6 is 0 Å². The standard InChI is InChI=1S/C56H87NO16/c1-27(2)32-17-22-56(51(66)57-25-30-11-13-31(67-10)14-12-30)24-23-54(8)33(38(32)56)15-16-36-53(7)20-19-37(52(5,6)35(53)18-21-55(36,54)9)71-50-47(73-49-44(64)42(62)40(60)29(4)69-49)45(65)46(34(26-58)70-50)72-48-43(63)41(61)39(59)28(3)68-48/h11-14,28-29,32-50,58-65H,1,15-26H2,2-10H3,(H,57,66)/t28-,29-,32-,33+,34+,35-,36+,37-,38+,39-,40-,41+,42+,43+,44+,45-,46+,47+,48-,49-,50-,53-,54+,55+,56-/m0/s1. The normalized spacial score (nSPS) is 50.4. The fraction of sp³-hybridized carbons (Fsp3) is 0.839. The van der Waals surface area contributed by atoms with Gasteiger partial charge in [-0.15, -0.1) is 0 Å². The maximum Gasteiger partial charge on any atom is 0.226 e. The monoisotopic (exact) mass is 1030 g/mol. The van der Waals surface area contributed by atoms with Crippen LogP contribution in [0.2, 0.25) is 0 Å². The minimum Gasteiger partial charge on any atom is -0.497 e. The van der Waals surface area contributed by atoms with Crippen LogP contribution in [0.25, 0.3) is 0 Å². The van der Waals surface area contributed by atoms with Crippen molar-refractivity contribution in [2.75, 3.05) is 13.7 Å². The fourth-order valence-corrected chi connectivity index (χ4v) is 17.0. The van der Waals surface area contributed by atoms with Gasteiger partial charge < -0.3 is 79.3 Å². The van der Waals surface area contributed by atoms with Crippen molar-refractivity contribution in [3.63, 3.8) is 0 Å². The number of methoxy groups -OCH3 is 1. The molecule has 0 unspecified atom stereocenters. The summed E-state index contributed by atoms with van der Waals surface area (Å²) in [5.74, 6) is 2.42. The van der Waals surface area contributed by atoms with Gasteiger partial charge in [0.25, 0.3) is 0 Å². The average molecular weight is 1030 g/mol. The number of benzene rings is 1. The third-order valence-electron chi connectivity index (χ3n) is 21.4. The number of carbonyl (C=O) groups is 1.